The average Bonchev–Trinajstić information content (AvgIpc) is 2.69. The molecule has 1 heterocycles. The fraction of sp³-hybridized carbons (Fsp3) is 0.375. The van der Waals surface area contributed by atoms with Crippen molar-refractivity contribution < 1.29 is 23.5 Å². The van der Waals surface area contributed by atoms with Gasteiger partial charge in [0.05, 0.1) is 5.39 Å². The van der Waals surface area contributed by atoms with Gasteiger partial charge in [-0.15, -0.1) is 0 Å². The number of benzene rings is 2. The number of aryl methyl sites for hydroxylation is 1. The molecule has 7 heteroatoms. The Bertz CT molecular complexity index is 1190. The second-order valence-corrected chi connectivity index (χ2v) is 8.41. The molecule has 0 aliphatic heterocycles. The van der Waals surface area contributed by atoms with Crippen LogP contribution in [0.1, 0.15) is 46.1 Å². The van der Waals surface area contributed by atoms with Gasteiger partial charge in [-0.05, 0) is 57.7 Å². The van der Waals surface area contributed by atoms with Gasteiger partial charge in [-0.1, -0.05) is 31.5 Å². The standard InChI is InChI=1S/C24H27NO6/c1-6-9-18(25-23(28)31-24(3,4)5)22(27)29-19-13-12-16-15-10-7-8-11-17(15)21(26)30-20(16)14(19)2/h7-8,10-13,18H,6,9H2,1-5H3,(H,25,28)/t18-/m1/s1. The minimum Gasteiger partial charge on any atom is -0.444 e. The molecule has 31 heavy (non-hydrogen) atoms. The molecule has 0 bridgehead atoms. The molecule has 0 aliphatic carbocycles. The van der Waals surface area contributed by atoms with Crippen LogP contribution in [0.25, 0.3) is 21.7 Å². The third-order valence-corrected chi connectivity index (χ3v) is 4.75. The number of fused-ring (bicyclic) bond motifs is 3. The van der Waals surface area contributed by atoms with E-state index in [1.165, 1.54) is 0 Å². The highest BCUT2D eigenvalue weighted by Gasteiger charge is 2.26. The third kappa shape index (κ3) is 5.05. The van der Waals surface area contributed by atoms with Crippen LogP contribution in [-0.2, 0) is 9.53 Å². The molecule has 0 spiro atoms. The molecule has 0 saturated carbocycles. The van der Waals surface area contributed by atoms with Gasteiger partial charge in [0.15, 0.2) is 0 Å². The Hall–Kier alpha value is -3.35. The summed E-state index contributed by atoms with van der Waals surface area (Å²) >= 11 is 0. The third-order valence-electron chi connectivity index (χ3n) is 4.75. The lowest BCUT2D eigenvalue weighted by molar-refractivity contribution is -0.137. The van der Waals surface area contributed by atoms with Gasteiger partial charge in [0.25, 0.3) is 0 Å². The Morgan fingerprint density at radius 3 is 2.39 bits per heavy atom. The maximum absolute atomic E-state index is 12.8. The van der Waals surface area contributed by atoms with Crippen molar-refractivity contribution >= 4 is 33.8 Å². The smallest absolute Gasteiger partial charge is 0.408 e. The predicted octanol–water partition coefficient (Wildman–Crippen LogP) is 4.85. The molecule has 2 aromatic carbocycles. The van der Waals surface area contributed by atoms with Crippen molar-refractivity contribution in [3.63, 3.8) is 0 Å². The molecule has 0 radical (unpaired) electrons. The summed E-state index contributed by atoms with van der Waals surface area (Å²) in [4.78, 5) is 37.3. The zero-order valence-electron chi connectivity index (χ0n) is 18.4. The van der Waals surface area contributed by atoms with Crippen molar-refractivity contribution in [2.75, 3.05) is 0 Å². The quantitative estimate of drug-likeness (QED) is 0.272. The summed E-state index contributed by atoms with van der Waals surface area (Å²) in [6, 6.07) is 9.74. The first-order valence-corrected chi connectivity index (χ1v) is 10.3. The normalized spacial score (nSPS) is 12.5. The van der Waals surface area contributed by atoms with Crippen LogP contribution in [0.15, 0.2) is 45.6 Å². The summed E-state index contributed by atoms with van der Waals surface area (Å²) in [6.07, 6.45) is 0.369. The summed E-state index contributed by atoms with van der Waals surface area (Å²) in [5.74, 6) is -0.346. The molecule has 0 fully saturated rings. The Kier molecular flexibility index (Phi) is 6.34. The number of rotatable bonds is 5. The summed E-state index contributed by atoms with van der Waals surface area (Å²) in [5, 5.41) is 4.59. The van der Waals surface area contributed by atoms with Crippen molar-refractivity contribution in [1.82, 2.24) is 5.32 Å². The Labute approximate surface area is 180 Å². The monoisotopic (exact) mass is 425 g/mol. The molecule has 0 aliphatic rings. The number of hydrogen-bond donors (Lipinski definition) is 1. The molecule has 0 unspecified atom stereocenters. The molecule has 1 amide bonds. The van der Waals surface area contributed by atoms with E-state index >= 15 is 0 Å². The molecule has 164 valence electrons. The van der Waals surface area contributed by atoms with Crippen molar-refractivity contribution in [2.24, 2.45) is 0 Å². The second-order valence-electron chi connectivity index (χ2n) is 8.41. The van der Waals surface area contributed by atoms with Gasteiger partial charge in [0, 0.05) is 10.9 Å². The summed E-state index contributed by atoms with van der Waals surface area (Å²) in [6.45, 7) is 8.86. The predicted molar refractivity (Wildman–Crippen MR) is 118 cm³/mol. The van der Waals surface area contributed by atoms with E-state index in [9.17, 15) is 14.4 Å². The highest BCUT2D eigenvalue weighted by molar-refractivity contribution is 6.05. The van der Waals surface area contributed by atoms with Gasteiger partial charge in [-0.2, -0.15) is 0 Å². The molecule has 1 atom stereocenters. The van der Waals surface area contributed by atoms with E-state index in [1.54, 1.807) is 52.0 Å². The van der Waals surface area contributed by atoms with Crippen LogP contribution in [-0.4, -0.2) is 23.7 Å². The topological polar surface area (TPSA) is 94.8 Å². The van der Waals surface area contributed by atoms with Gasteiger partial charge < -0.3 is 19.2 Å². The fourth-order valence-electron chi connectivity index (χ4n) is 3.34. The molecule has 0 saturated heterocycles. The number of amides is 1. The highest BCUT2D eigenvalue weighted by Crippen LogP contribution is 2.31. The van der Waals surface area contributed by atoms with E-state index in [-0.39, 0.29) is 5.75 Å². The number of carbonyl (C=O) groups excluding carboxylic acids is 2. The maximum Gasteiger partial charge on any atom is 0.408 e. The number of alkyl carbamates (subject to hydrolysis) is 1. The summed E-state index contributed by atoms with van der Waals surface area (Å²) in [7, 11) is 0. The van der Waals surface area contributed by atoms with E-state index in [4.69, 9.17) is 13.9 Å². The lowest BCUT2D eigenvalue weighted by Crippen LogP contribution is -2.45. The first-order valence-electron chi connectivity index (χ1n) is 10.3. The Balaban J connectivity index is 1.89. The van der Waals surface area contributed by atoms with E-state index in [1.807, 2.05) is 19.1 Å². The van der Waals surface area contributed by atoms with Crippen LogP contribution in [0.5, 0.6) is 5.75 Å². The van der Waals surface area contributed by atoms with Crippen LogP contribution in [0, 0.1) is 6.92 Å². The van der Waals surface area contributed by atoms with Crippen molar-refractivity contribution in [2.45, 2.75) is 59.1 Å². The van der Waals surface area contributed by atoms with E-state index in [2.05, 4.69) is 5.32 Å². The van der Waals surface area contributed by atoms with Gasteiger partial charge in [0.2, 0.25) is 0 Å². The van der Waals surface area contributed by atoms with Crippen LogP contribution in [0.4, 0.5) is 4.79 Å². The molecular weight excluding hydrogens is 398 g/mol. The van der Waals surface area contributed by atoms with Gasteiger partial charge >= 0.3 is 17.7 Å². The largest absolute Gasteiger partial charge is 0.444 e. The highest BCUT2D eigenvalue weighted by atomic mass is 16.6. The summed E-state index contributed by atoms with van der Waals surface area (Å²) < 4.78 is 16.3. The maximum atomic E-state index is 12.8. The molecular formula is C24H27NO6. The zero-order valence-corrected chi connectivity index (χ0v) is 18.4. The summed E-state index contributed by atoms with van der Waals surface area (Å²) in [5.41, 5.74) is -0.243. The SMILES string of the molecule is CCC[C@@H](NC(=O)OC(C)(C)C)C(=O)Oc1ccc2c(oc(=O)c3ccccc32)c1C. The van der Waals surface area contributed by atoms with Crippen molar-refractivity contribution in [3.05, 3.63) is 52.4 Å². The number of ether oxygens (including phenoxy) is 2. The molecule has 7 nitrogen and oxygen atoms in total. The Morgan fingerprint density at radius 1 is 1.06 bits per heavy atom. The minimum atomic E-state index is -0.862. The van der Waals surface area contributed by atoms with Gasteiger partial charge in [0.1, 0.15) is 23.0 Å². The van der Waals surface area contributed by atoms with E-state index in [0.29, 0.717) is 29.4 Å². The zero-order chi connectivity index (χ0) is 22.8. The van der Waals surface area contributed by atoms with Crippen LogP contribution < -0.4 is 15.7 Å². The van der Waals surface area contributed by atoms with E-state index in [0.717, 1.165) is 10.8 Å². The molecule has 1 aromatic heterocycles. The van der Waals surface area contributed by atoms with Gasteiger partial charge in [-0.3, -0.25) is 0 Å². The lowest BCUT2D eigenvalue weighted by Gasteiger charge is -2.23. The average molecular weight is 425 g/mol. The van der Waals surface area contributed by atoms with Crippen LogP contribution in [0.3, 0.4) is 0 Å². The number of carbonyl (C=O) groups is 2. The molecule has 3 rings (SSSR count). The number of nitrogens with one attached hydrogen (secondary N) is 1. The number of hydrogen-bond acceptors (Lipinski definition) is 6. The van der Waals surface area contributed by atoms with Crippen molar-refractivity contribution in [1.29, 1.82) is 0 Å². The second kappa shape index (κ2) is 8.79. The lowest BCUT2D eigenvalue weighted by atomic mass is 10.0. The van der Waals surface area contributed by atoms with Crippen molar-refractivity contribution in [3.8, 4) is 5.75 Å². The van der Waals surface area contributed by atoms with Gasteiger partial charge in [-0.25, -0.2) is 14.4 Å². The van der Waals surface area contributed by atoms with E-state index < -0.39 is 29.3 Å². The Morgan fingerprint density at radius 2 is 1.74 bits per heavy atom. The number of esters is 1. The molecule has 3 aromatic rings. The minimum absolute atomic E-state index is 0.267. The fourth-order valence-corrected chi connectivity index (χ4v) is 3.34. The molecule has 1 N–H and O–H groups in total. The van der Waals surface area contributed by atoms with Crippen LogP contribution in [0.2, 0.25) is 0 Å². The van der Waals surface area contributed by atoms with Crippen LogP contribution >= 0.6 is 0 Å². The first kappa shape index (κ1) is 22.3. The first-order chi connectivity index (χ1) is 14.6.